The van der Waals surface area contributed by atoms with Gasteiger partial charge in [0.15, 0.2) is 0 Å². The molecule has 0 aromatic heterocycles. The zero-order chi connectivity index (χ0) is 20.1. The summed E-state index contributed by atoms with van der Waals surface area (Å²) in [6.45, 7) is 2.10. The first-order chi connectivity index (χ1) is 13.5. The number of carbonyl (C=O) groups excluding carboxylic acids is 1. The zero-order valence-electron chi connectivity index (χ0n) is 15.5. The van der Waals surface area contributed by atoms with E-state index in [-0.39, 0.29) is 12.5 Å². The fraction of sp³-hybridized carbons (Fsp3) is 0.136. The van der Waals surface area contributed by atoms with E-state index in [0.717, 1.165) is 11.1 Å². The van der Waals surface area contributed by atoms with E-state index in [1.807, 2.05) is 19.1 Å². The summed E-state index contributed by atoms with van der Waals surface area (Å²) in [4.78, 5) is 12.7. The van der Waals surface area contributed by atoms with Crippen molar-refractivity contribution in [1.82, 2.24) is 0 Å². The van der Waals surface area contributed by atoms with E-state index in [2.05, 4.69) is 5.32 Å². The van der Waals surface area contributed by atoms with Gasteiger partial charge in [-0.05, 0) is 61.0 Å². The van der Waals surface area contributed by atoms with E-state index in [1.165, 1.54) is 0 Å². The van der Waals surface area contributed by atoms with Crippen molar-refractivity contribution in [2.24, 2.45) is 0 Å². The Hall–Kier alpha value is -2.69. The number of benzene rings is 3. The summed E-state index contributed by atoms with van der Waals surface area (Å²) in [6, 6.07) is 17.7. The third-order valence-electron chi connectivity index (χ3n) is 4.20. The van der Waals surface area contributed by atoms with Crippen LogP contribution < -0.4 is 14.8 Å². The molecule has 0 aliphatic rings. The molecule has 6 heteroatoms. The van der Waals surface area contributed by atoms with E-state index in [1.54, 1.807) is 55.6 Å². The lowest BCUT2D eigenvalue weighted by Crippen LogP contribution is -2.13. The molecule has 0 spiro atoms. The van der Waals surface area contributed by atoms with Gasteiger partial charge in [-0.1, -0.05) is 35.3 Å². The van der Waals surface area contributed by atoms with Crippen LogP contribution in [0.2, 0.25) is 10.0 Å². The highest BCUT2D eigenvalue weighted by Crippen LogP contribution is 2.27. The number of ether oxygens (including phenoxy) is 2. The monoisotopic (exact) mass is 415 g/mol. The summed E-state index contributed by atoms with van der Waals surface area (Å²) in [6.07, 6.45) is 0. The molecule has 0 bridgehead atoms. The number of carbonyl (C=O) groups is 1. The molecule has 0 unspecified atom stereocenters. The fourth-order valence-corrected chi connectivity index (χ4v) is 3.13. The normalized spacial score (nSPS) is 10.4. The number of hydrogen-bond donors (Lipinski definition) is 1. The average Bonchev–Trinajstić information content (AvgIpc) is 2.69. The van der Waals surface area contributed by atoms with Crippen LogP contribution in [-0.2, 0) is 6.61 Å². The predicted molar refractivity (Wildman–Crippen MR) is 113 cm³/mol. The number of rotatable bonds is 6. The summed E-state index contributed by atoms with van der Waals surface area (Å²) in [5.41, 5.74) is 2.83. The lowest BCUT2D eigenvalue weighted by atomic mass is 10.1. The van der Waals surface area contributed by atoms with Crippen LogP contribution >= 0.6 is 23.2 Å². The Kier molecular flexibility index (Phi) is 6.45. The van der Waals surface area contributed by atoms with Crippen LogP contribution in [0.3, 0.4) is 0 Å². The summed E-state index contributed by atoms with van der Waals surface area (Å²) < 4.78 is 11.2. The Balaban J connectivity index is 1.79. The van der Waals surface area contributed by atoms with Crippen molar-refractivity contribution in [2.75, 3.05) is 12.4 Å². The van der Waals surface area contributed by atoms with Gasteiger partial charge in [-0.3, -0.25) is 4.79 Å². The van der Waals surface area contributed by atoms with E-state index in [0.29, 0.717) is 32.8 Å². The first-order valence-electron chi connectivity index (χ1n) is 8.59. The number of halogens is 2. The van der Waals surface area contributed by atoms with Crippen LogP contribution in [0.1, 0.15) is 21.5 Å². The maximum Gasteiger partial charge on any atom is 0.255 e. The van der Waals surface area contributed by atoms with E-state index in [9.17, 15) is 4.79 Å². The standard InChI is InChI=1S/C22H19Cl2NO3/c1-14-11-17(23)8-9-19(14)25-22(26)15-7-10-20(27-2)16(12-15)13-28-21-6-4-3-5-18(21)24/h3-12H,13H2,1-2H3,(H,25,26). The van der Waals surface area contributed by atoms with Crippen molar-refractivity contribution in [3.05, 3.63) is 87.4 Å². The van der Waals surface area contributed by atoms with Crippen LogP contribution in [0.5, 0.6) is 11.5 Å². The molecule has 0 aliphatic heterocycles. The molecule has 0 aliphatic carbocycles. The molecule has 0 saturated carbocycles. The molecular weight excluding hydrogens is 397 g/mol. The number of methoxy groups -OCH3 is 1. The van der Waals surface area contributed by atoms with Gasteiger partial charge in [-0.25, -0.2) is 0 Å². The lowest BCUT2D eigenvalue weighted by molar-refractivity contribution is 0.102. The van der Waals surface area contributed by atoms with Gasteiger partial charge in [-0.2, -0.15) is 0 Å². The first-order valence-corrected chi connectivity index (χ1v) is 9.35. The number of para-hydroxylation sites is 1. The number of aryl methyl sites for hydroxylation is 1. The third kappa shape index (κ3) is 4.77. The van der Waals surface area contributed by atoms with Crippen LogP contribution in [-0.4, -0.2) is 13.0 Å². The molecular formula is C22H19Cl2NO3. The van der Waals surface area contributed by atoms with Gasteiger partial charge in [0, 0.05) is 21.8 Å². The zero-order valence-corrected chi connectivity index (χ0v) is 17.0. The Morgan fingerprint density at radius 2 is 1.79 bits per heavy atom. The van der Waals surface area contributed by atoms with Crippen molar-refractivity contribution in [2.45, 2.75) is 13.5 Å². The maximum absolute atomic E-state index is 12.7. The van der Waals surface area contributed by atoms with Crippen molar-refractivity contribution in [3.63, 3.8) is 0 Å². The third-order valence-corrected chi connectivity index (χ3v) is 4.75. The molecule has 0 radical (unpaired) electrons. The second kappa shape index (κ2) is 9.00. The van der Waals surface area contributed by atoms with Gasteiger partial charge in [-0.15, -0.1) is 0 Å². The van der Waals surface area contributed by atoms with E-state index >= 15 is 0 Å². The van der Waals surface area contributed by atoms with Gasteiger partial charge in [0.1, 0.15) is 18.1 Å². The van der Waals surface area contributed by atoms with Gasteiger partial charge in [0.2, 0.25) is 0 Å². The summed E-state index contributed by atoms with van der Waals surface area (Å²) in [5.74, 6) is 0.969. The number of hydrogen-bond acceptors (Lipinski definition) is 3. The van der Waals surface area contributed by atoms with Gasteiger partial charge < -0.3 is 14.8 Å². The topological polar surface area (TPSA) is 47.6 Å². The van der Waals surface area contributed by atoms with Crippen molar-refractivity contribution in [3.8, 4) is 11.5 Å². The number of amides is 1. The molecule has 0 atom stereocenters. The van der Waals surface area contributed by atoms with Crippen molar-refractivity contribution in [1.29, 1.82) is 0 Å². The lowest BCUT2D eigenvalue weighted by Gasteiger charge is -2.13. The Labute approximate surface area is 174 Å². The number of nitrogens with one attached hydrogen (secondary N) is 1. The Bertz CT molecular complexity index is 1000. The van der Waals surface area contributed by atoms with Gasteiger partial charge >= 0.3 is 0 Å². The molecule has 144 valence electrons. The Morgan fingerprint density at radius 1 is 1.00 bits per heavy atom. The first kappa shape index (κ1) is 20.1. The van der Waals surface area contributed by atoms with Gasteiger partial charge in [0.25, 0.3) is 5.91 Å². The van der Waals surface area contributed by atoms with Crippen LogP contribution in [0.4, 0.5) is 5.69 Å². The molecule has 3 aromatic rings. The average molecular weight is 416 g/mol. The second-order valence-corrected chi connectivity index (χ2v) is 7.00. The molecule has 1 amide bonds. The van der Waals surface area contributed by atoms with Crippen LogP contribution in [0.25, 0.3) is 0 Å². The minimum atomic E-state index is -0.230. The molecule has 0 saturated heterocycles. The maximum atomic E-state index is 12.7. The molecule has 3 aromatic carbocycles. The highest BCUT2D eigenvalue weighted by molar-refractivity contribution is 6.32. The molecule has 0 fully saturated rings. The molecule has 4 nitrogen and oxygen atoms in total. The second-order valence-electron chi connectivity index (χ2n) is 6.16. The van der Waals surface area contributed by atoms with E-state index in [4.69, 9.17) is 32.7 Å². The highest BCUT2D eigenvalue weighted by Gasteiger charge is 2.13. The van der Waals surface area contributed by atoms with Crippen molar-refractivity contribution >= 4 is 34.8 Å². The fourth-order valence-electron chi connectivity index (χ4n) is 2.71. The summed E-state index contributed by atoms with van der Waals surface area (Å²) >= 11 is 12.1. The smallest absolute Gasteiger partial charge is 0.255 e. The van der Waals surface area contributed by atoms with Crippen LogP contribution in [0.15, 0.2) is 60.7 Å². The minimum Gasteiger partial charge on any atom is -0.496 e. The number of anilines is 1. The quantitative estimate of drug-likeness (QED) is 0.525. The molecule has 28 heavy (non-hydrogen) atoms. The van der Waals surface area contributed by atoms with Crippen molar-refractivity contribution < 1.29 is 14.3 Å². The summed E-state index contributed by atoms with van der Waals surface area (Å²) in [7, 11) is 1.57. The SMILES string of the molecule is COc1ccc(C(=O)Nc2ccc(Cl)cc2C)cc1COc1ccccc1Cl. The molecule has 1 N–H and O–H groups in total. The largest absolute Gasteiger partial charge is 0.496 e. The van der Waals surface area contributed by atoms with E-state index < -0.39 is 0 Å². The van der Waals surface area contributed by atoms with Crippen LogP contribution in [0, 0.1) is 6.92 Å². The minimum absolute atomic E-state index is 0.216. The molecule has 0 heterocycles. The Morgan fingerprint density at radius 3 is 2.50 bits per heavy atom. The summed E-state index contributed by atoms with van der Waals surface area (Å²) in [5, 5.41) is 4.05. The highest BCUT2D eigenvalue weighted by atomic mass is 35.5. The molecule has 3 rings (SSSR count). The van der Waals surface area contributed by atoms with Gasteiger partial charge in [0.05, 0.1) is 12.1 Å². The predicted octanol–water partition coefficient (Wildman–Crippen LogP) is 6.14.